The average molecular weight is 276 g/mol. The Balaban J connectivity index is 1.82. The first-order valence-corrected chi connectivity index (χ1v) is 7.43. The van der Waals surface area contributed by atoms with E-state index in [9.17, 15) is 9.90 Å². The van der Waals surface area contributed by atoms with E-state index in [1.165, 1.54) is 5.56 Å². The van der Waals surface area contributed by atoms with E-state index >= 15 is 0 Å². The molecule has 1 fully saturated rings. The van der Waals surface area contributed by atoms with Crippen molar-refractivity contribution in [3.05, 3.63) is 29.8 Å². The molecule has 1 saturated heterocycles. The van der Waals surface area contributed by atoms with Crippen molar-refractivity contribution in [3.63, 3.8) is 0 Å². The number of nitrogens with one attached hydrogen (secondary N) is 1. The molecular formula is C16H24N2O2. The summed E-state index contributed by atoms with van der Waals surface area (Å²) in [5, 5.41) is 12.1. The number of hydrogen-bond acceptors (Lipinski definition) is 3. The van der Waals surface area contributed by atoms with E-state index < -0.39 is 0 Å². The van der Waals surface area contributed by atoms with E-state index in [0.717, 1.165) is 38.0 Å². The lowest BCUT2D eigenvalue weighted by Crippen LogP contribution is -2.41. The van der Waals surface area contributed by atoms with Gasteiger partial charge < -0.3 is 10.4 Å². The Morgan fingerprint density at radius 2 is 2.15 bits per heavy atom. The lowest BCUT2D eigenvalue weighted by atomic mass is 9.99. The maximum absolute atomic E-state index is 12.0. The van der Waals surface area contributed by atoms with Crippen LogP contribution >= 0.6 is 0 Å². The number of anilines is 1. The SMILES string of the molecule is CCc1ccc(NC(=O)CN2CCCC(CO)C2)cc1. The minimum atomic E-state index is 0.0211. The van der Waals surface area contributed by atoms with Crippen LogP contribution in [0.1, 0.15) is 25.3 Å². The number of carbonyl (C=O) groups is 1. The predicted molar refractivity (Wildman–Crippen MR) is 80.7 cm³/mol. The highest BCUT2D eigenvalue weighted by Gasteiger charge is 2.20. The molecule has 2 N–H and O–H groups in total. The Bertz CT molecular complexity index is 431. The third kappa shape index (κ3) is 4.32. The van der Waals surface area contributed by atoms with Gasteiger partial charge in [0.15, 0.2) is 0 Å². The Morgan fingerprint density at radius 1 is 1.40 bits per heavy atom. The van der Waals surface area contributed by atoms with E-state index in [0.29, 0.717) is 12.5 Å². The molecule has 1 aliphatic heterocycles. The van der Waals surface area contributed by atoms with Crippen molar-refractivity contribution in [2.24, 2.45) is 5.92 Å². The zero-order valence-corrected chi connectivity index (χ0v) is 12.1. The van der Waals surface area contributed by atoms with Crippen LogP contribution in [0.2, 0.25) is 0 Å². The number of piperidine rings is 1. The molecule has 2 rings (SSSR count). The molecule has 110 valence electrons. The van der Waals surface area contributed by atoms with E-state index in [1.54, 1.807) is 0 Å². The summed E-state index contributed by atoms with van der Waals surface area (Å²) in [4.78, 5) is 14.1. The van der Waals surface area contributed by atoms with Crippen LogP contribution < -0.4 is 5.32 Å². The molecule has 4 heteroatoms. The second-order valence-corrected chi connectivity index (χ2v) is 5.52. The topological polar surface area (TPSA) is 52.6 Å². The molecule has 1 aliphatic rings. The second kappa shape index (κ2) is 7.41. The number of nitrogens with zero attached hydrogens (tertiary/aromatic N) is 1. The number of carbonyl (C=O) groups excluding carboxylic acids is 1. The standard InChI is InChI=1S/C16H24N2O2/c1-2-13-5-7-15(8-6-13)17-16(20)11-18-9-3-4-14(10-18)12-19/h5-8,14,19H,2-4,9-12H2,1H3,(H,17,20). The fourth-order valence-corrected chi connectivity index (χ4v) is 2.67. The van der Waals surface area contributed by atoms with Crippen molar-refractivity contribution < 1.29 is 9.90 Å². The molecule has 1 aromatic carbocycles. The molecule has 0 saturated carbocycles. The van der Waals surface area contributed by atoms with Gasteiger partial charge in [-0.05, 0) is 49.4 Å². The molecular weight excluding hydrogens is 252 g/mol. The highest BCUT2D eigenvalue weighted by molar-refractivity contribution is 5.92. The highest BCUT2D eigenvalue weighted by atomic mass is 16.3. The zero-order chi connectivity index (χ0) is 14.4. The van der Waals surface area contributed by atoms with Crippen molar-refractivity contribution in [1.82, 2.24) is 4.90 Å². The van der Waals surface area contributed by atoms with Crippen molar-refractivity contribution in [3.8, 4) is 0 Å². The third-order valence-electron chi connectivity index (χ3n) is 3.87. The van der Waals surface area contributed by atoms with Gasteiger partial charge in [-0.1, -0.05) is 19.1 Å². The molecule has 0 aromatic heterocycles. The summed E-state index contributed by atoms with van der Waals surface area (Å²) in [6.45, 7) is 4.50. The fourth-order valence-electron chi connectivity index (χ4n) is 2.67. The van der Waals surface area contributed by atoms with Gasteiger partial charge in [0.25, 0.3) is 0 Å². The van der Waals surface area contributed by atoms with E-state index in [2.05, 4.69) is 17.1 Å². The third-order valence-corrected chi connectivity index (χ3v) is 3.87. The summed E-state index contributed by atoms with van der Waals surface area (Å²) >= 11 is 0. The average Bonchev–Trinajstić information content (AvgIpc) is 2.48. The maximum atomic E-state index is 12.0. The van der Waals surface area contributed by atoms with Gasteiger partial charge in [-0.3, -0.25) is 9.69 Å². The Morgan fingerprint density at radius 3 is 2.80 bits per heavy atom. The van der Waals surface area contributed by atoms with Gasteiger partial charge in [-0.15, -0.1) is 0 Å². The number of aryl methyl sites for hydroxylation is 1. The molecule has 1 unspecified atom stereocenters. The molecule has 0 spiro atoms. The molecule has 1 atom stereocenters. The summed E-state index contributed by atoms with van der Waals surface area (Å²) in [6.07, 6.45) is 3.13. The first-order chi connectivity index (χ1) is 9.71. The normalized spacial score (nSPS) is 19.8. The maximum Gasteiger partial charge on any atom is 0.238 e. The number of benzene rings is 1. The van der Waals surface area contributed by atoms with E-state index in [4.69, 9.17) is 0 Å². The van der Waals surface area contributed by atoms with Crippen LogP contribution in [0.25, 0.3) is 0 Å². The van der Waals surface area contributed by atoms with Crippen LogP contribution in [0.15, 0.2) is 24.3 Å². The van der Waals surface area contributed by atoms with Gasteiger partial charge in [0.1, 0.15) is 0 Å². The van der Waals surface area contributed by atoms with Crippen LogP contribution in [0.5, 0.6) is 0 Å². The summed E-state index contributed by atoms with van der Waals surface area (Å²) < 4.78 is 0. The monoisotopic (exact) mass is 276 g/mol. The van der Waals surface area contributed by atoms with Crippen LogP contribution in [-0.2, 0) is 11.2 Å². The number of aliphatic hydroxyl groups excluding tert-OH is 1. The lowest BCUT2D eigenvalue weighted by molar-refractivity contribution is -0.117. The summed E-state index contributed by atoms with van der Waals surface area (Å²) in [5.74, 6) is 0.341. The van der Waals surface area contributed by atoms with Crippen LogP contribution in [0.3, 0.4) is 0 Å². The van der Waals surface area contributed by atoms with E-state index in [-0.39, 0.29) is 12.5 Å². The van der Waals surface area contributed by atoms with Gasteiger partial charge in [-0.2, -0.15) is 0 Å². The number of amides is 1. The van der Waals surface area contributed by atoms with Gasteiger partial charge in [-0.25, -0.2) is 0 Å². The van der Waals surface area contributed by atoms with Crippen LogP contribution in [-0.4, -0.2) is 42.2 Å². The molecule has 0 radical (unpaired) electrons. The number of likely N-dealkylation sites (tertiary alicyclic amines) is 1. The van der Waals surface area contributed by atoms with Gasteiger partial charge in [0, 0.05) is 18.8 Å². The quantitative estimate of drug-likeness (QED) is 0.863. The number of rotatable bonds is 5. The molecule has 1 aromatic rings. The summed E-state index contributed by atoms with van der Waals surface area (Å²) in [5.41, 5.74) is 2.12. The lowest BCUT2D eigenvalue weighted by Gasteiger charge is -2.31. The van der Waals surface area contributed by atoms with Gasteiger partial charge >= 0.3 is 0 Å². The molecule has 20 heavy (non-hydrogen) atoms. The van der Waals surface area contributed by atoms with E-state index in [1.807, 2.05) is 24.3 Å². The Hall–Kier alpha value is -1.39. The van der Waals surface area contributed by atoms with Gasteiger partial charge in [0.05, 0.1) is 6.54 Å². The zero-order valence-electron chi connectivity index (χ0n) is 12.1. The van der Waals surface area contributed by atoms with Crippen molar-refractivity contribution in [2.75, 3.05) is 31.6 Å². The minimum Gasteiger partial charge on any atom is -0.396 e. The number of aliphatic hydroxyl groups is 1. The minimum absolute atomic E-state index is 0.0211. The molecule has 0 bridgehead atoms. The largest absolute Gasteiger partial charge is 0.396 e. The first-order valence-electron chi connectivity index (χ1n) is 7.43. The fraction of sp³-hybridized carbons (Fsp3) is 0.562. The van der Waals surface area contributed by atoms with Crippen LogP contribution in [0.4, 0.5) is 5.69 Å². The molecule has 1 amide bonds. The first kappa shape index (κ1) is 15.0. The molecule has 4 nitrogen and oxygen atoms in total. The van der Waals surface area contributed by atoms with Crippen LogP contribution in [0, 0.1) is 5.92 Å². The van der Waals surface area contributed by atoms with Crippen molar-refractivity contribution in [1.29, 1.82) is 0 Å². The van der Waals surface area contributed by atoms with Crippen molar-refractivity contribution >= 4 is 11.6 Å². The Labute approximate surface area is 120 Å². The predicted octanol–water partition coefficient (Wildman–Crippen LogP) is 1.89. The number of hydrogen-bond donors (Lipinski definition) is 2. The van der Waals surface area contributed by atoms with Crippen molar-refractivity contribution in [2.45, 2.75) is 26.2 Å². The summed E-state index contributed by atoms with van der Waals surface area (Å²) in [7, 11) is 0. The van der Waals surface area contributed by atoms with Gasteiger partial charge in [0.2, 0.25) is 5.91 Å². The second-order valence-electron chi connectivity index (χ2n) is 5.52. The molecule has 1 heterocycles. The highest BCUT2D eigenvalue weighted by Crippen LogP contribution is 2.16. The smallest absolute Gasteiger partial charge is 0.238 e. The Kier molecular flexibility index (Phi) is 5.56. The summed E-state index contributed by atoms with van der Waals surface area (Å²) in [6, 6.07) is 7.98. The molecule has 0 aliphatic carbocycles.